The zero-order chi connectivity index (χ0) is 13.1. The van der Waals surface area contributed by atoms with Crippen LogP contribution in [0.2, 0.25) is 0 Å². The van der Waals surface area contributed by atoms with E-state index in [9.17, 15) is 10.1 Å². The van der Waals surface area contributed by atoms with Gasteiger partial charge in [-0.15, -0.1) is 0 Å². The molecule has 5 nitrogen and oxygen atoms in total. The van der Waals surface area contributed by atoms with Crippen molar-refractivity contribution in [3.63, 3.8) is 0 Å². The standard InChI is InChI=1S/C13H18N2O3/c1-9-5-3-6-11(15(16)17)13(9)14-10(2)12-7-4-8-18-12/h3,5-6,10,12,14H,4,7-8H2,1-2H3. The molecule has 0 saturated carbocycles. The van der Waals surface area contributed by atoms with Crippen LogP contribution in [-0.2, 0) is 4.74 Å². The van der Waals surface area contributed by atoms with Crippen molar-refractivity contribution in [2.24, 2.45) is 0 Å². The summed E-state index contributed by atoms with van der Waals surface area (Å²) < 4.78 is 5.59. The zero-order valence-corrected chi connectivity index (χ0v) is 10.7. The normalized spacial score (nSPS) is 20.7. The third-order valence-corrected chi connectivity index (χ3v) is 3.34. The second-order valence-corrected chi connectivity index (χ2v) is 4.71. The first-order valence-electron chi connectivity index (χ1n) is 6.21. The monoisotopic (exact) mass is 250 g/mol. The lowest BCUT2D eigenvalue weighted by Crippen LogP contribution is -2.30. The molecule has 5 heteroatoms. The fourth-order valence-electron chi connectivity index (χ4n) is 2.31. The largest absolute Gasteiger partial charge is 0.376 e. The Morgan fingerprint density at radius 2 is 2.33 bits per heavy atom. The van der Waals surface area contributed by atoms with Gasteiger partial charge in [0, 0.05) is 18.7 Å². The maximum Gasteiger partial charge on any atom is 0.292 e. The summed E-state index contributed by atoms with van der Waals surface area (Å²) in [4.78, 5) is 10.7. The van der Waals surface area contributed by atoms with Crippen LogP contribution in [0.4, 0.5) is 11.4 Å². The lowest BCUT2D eigenvalue weighted by Gasteiger charge is -2.22. The van der Waals surface area contributed by atoms with Crippen molar-refractivity contribution in [1.29, 1.82) is 0 Å². The molecule has 98 valence electrons. The molecule has 0 aliphatic carbocycles. The second kappa shape index (κ2) is 5.35. The number of nitrogens with one attached hydrogen (secondary N) is 1. The minimum absolute atomic E-state index is 0.0762. The summed E-state index contributed by atoms with van der Waals surface area (Å²) in [6.45, 7) is 4.66. The minimum atomic E-state index is -0.350. The molecule has 1 fully saturated rings. The second-order valence-electron chi connectivity index (χ2n) is 4.71. The predicted octanol–water partition coefficient (Wildman–Crippen LogP) is 2.88. The summed E-state index contributed by atoms with van der Waals surface area (Å²) in [5.41, 5.74) is 1.61. The van der Waals surface area contributed by atoms with Gasteiger partial charge in [0.1, 0.15) is 5.69 Å². The number of aryl methyl sites for hydroxylation is 1. The van der Waals surface area contributed by atoms with E-state index < -0.39 is 0 Å². The van der Waals surface area contributed by atoms with Gasteiger partial charge in [-0.2, -0.15) is 0 Å². The van der Waals surface area contributed by atoms with Gasteiger partial charge >= 0.3 is 0 Å². The summed E-state index contributed by atoms with van der Waals surface area (Å²) in [7, 11) is 0. The molecule has 18 heavy (non-hydrogen) atoms. The first-order chi connectivity index (χ1) is 8.59. The summed E-state index contributed by atoms with van der Waals surface area (Å²) in [5, 5.41) is 14.2. The highest BCUT2D eigenvalue weighted by molar-refractivity contribution is 5.66. The van der Waals surface area contributed by atoms with Gasteiger partial charge in [0.15, 0.2) is 0 Å². The van der Waals surface area contributed by atoms with Gasteiger partial charge in [0.2, 0.25) is 0 Å². The van der Waals surface area contributed by atoms with Crippen LogP contribution in [0.1, 0.15) is 25.3 Å². The molecule has 0 bridgehead atoms. The van der Waals surface area contributed by atoms with E-state index in [0.29, 0.717) is 5.69 Å². The molecule has 1 heterocycles. The molecule has 0 amide bonds. The fraction of sp³-hybridized carbons (Fsp3) is 0.538. The fourth-order valence-corrected chi connectivity index (χ4v) is 2.31. The summed E-state index contributed by atoms with van der Waals surface area (Å²) >= 11 is 0. The van der Waals surface area contributed by atoms with Gasteiger partial charge in [-0.05, 0) is 32.3 Å². The van der Waals surface area contributed by atoms with Crippen molar-refractivity contribution in [3.05, 3.63) is 33.9 Å². The van der Waals surface area contributed by atoms with Crippen molar-refractivity contribution < 1.29 is 9.66 Å². The van der Waals surface area contributed by atoms with Crippen LogP contribution in [0.25, 0.3) is 0 Å². The average molecular weight is 250 g/mol. The van der Waals surface area contributed by atoms with Crippen LogP contribution in [-0.4, -0.2) is 23.7 Å². The van der Waals surface area contributed by atoms with E-state index in [2.05, 4.69) is 5.32 Å². The Balaban J connectivity index is 2.19. The third kappa shape index (κ3) is 2.61. The van der Waals surface area contributed by atoms with Crippen LogP contribution in [0.15, 0.2) is 18.2 Å². The average Bonchev–Trinajstić information content (AvgIpc) is 2.85. The highest BCUT2D eigenvalue weighted by Gasteiger charge is 2.25. The minimum Gasteiger partial charge on any atom is -0.376 e. The molecular weight excluding hydrogens is 232 g/mol. The Kier molecular flexibility index (Phi) is 3.81. The van der Waals surface area contributed by atoms with Crippen LogP contribution in [0.5, 0.6) is 0 Å². The van der Waals surface area contributed by atoms with Gasteiger partial charge in [-0.25, -0.2) is 0 Å². The number of ether oxygens (including phenoxy) is 1. The number of anilines is 1. The van der Waals surface area contributed by atoms with E-state index in [0.717, 1.165) is 25.0 Å². The molecule has 0 aromatic heterocycles. The lowest BCUT2D eigenvalue weighted by molar-refractivity contribution is -0.384. The van der Waals surface area contributed by atoms with E-state index in [1.807, 2.05) is 19.9 Å². The SMILES string of the molecule is Cc1cccc([N+](=O)[O-])c1NC(C)C1CCCO1. The molecule has 1 N–H and O–H groups in total. The Morgan fingerprint density at radius 1 is 1.56 bits per heavy atom. The number of hydrogen-bond donors (Lipinski definition) is 1. The summed E-state index contributed by atoms with van der Waals surface area (Å²) in [6, 6.07) is 5.18. The third-order valence-electron chi connectivity index (χ3n) is 3.34. The van der Waals surface area contributed by atoms with Gasteiger partial charge < -0.3 is 10.1 Å². The van der Waals surface area contributed by atoms with Gasteiger partial charge in [0.05, 0.1) is 11.0 Å². The maximum atomic E-state index is 11.0. The van der Waals surface area contributed by atoms with E-state index >= 15 is 0 Å². The lowest BCUT2D eigenvalue weighted by atomic mass is 10.1. The van der Waals surface area contributed by atoms with Crippen molar-refractivity contribution in [2.75, 3.05) is 11.9 Å². The number of para-hydroxylation sites is 1. The Bertz CT molecular complexity index is 442. The molecule has 1 saturated heterocycles. The molecule has 0 radical (unpaired) electrons. The van der Waals surface area contributed by atoms with Gasteiger partial charge in [-0.1, -0.05) is 12.1 Å². The number of benzene rings is 1. The smallest absolute Gasteiger partial charge is 0.292 e. The first-order valence-corrected chi connectivity index (χ1v) is 6.21. The van der Waals surface area contributed by atoms with Crippen molar-refractivity contribution in [3.8, 4) is 0 Å². The molecule has 2 atom stereocenters. The number of nitro benzene ring substituents is 1. The predicted molar refractivity (Wildman–Crippen MR) is 69.9 cm³/mol. The molecule has 1 aliphatic rings. The highest BCUT2D eigenvalue weighted by Crippen LogP contribution is 2.29. The molecule has 1 aromatic carbocycles. The molecular formula is C13H18N2O3. The zero-order valence-electron chi connectivity index (χ0n) is 10.7. The van der Waals surface area contributed by atoms with Crippen molar-refractivity contribution >= 4 is 11.4 Å². The quantitative estimate of drug-likeness (QED) is 0.659. The number of hydrogen-bond acceptors (Lipinski definition) is 4. The summed E-state index contributed by atoms with van der Waals surface area (Å²) in [5.74, 6) is 0. The van der Waals surface area contributed by atoms with Crippen LogP contribution >= 0.6 is 0 Å². The number of rotatable bonds is 4. The Morgan fingerprint density at radius 3 is 2.94 bits per heavy atom. The van der Waals surface area contributed by atoms with E-state index in [-0.39, 0.29) is 22.8 Å². The molecule has 1 aromatic rings. The topological polar surface area (TPSA) is 64.4 Å². The molecule has 0 spiro atoms. The van der Waals surface area contributed by atoms with Crippen molar-refractivity contribution in [2.45, 2.75) is 38.8 Å². The van der Waals surface area contributed by atoms with Gasteiger partial charge in [0.25, 0.3) is 5.69 Å². The van der Waals surface area contributed by atoms with Gasteiger partial charge in [-0.3, -0.25) is 10.1 Å². The molecule has 2 rings (SSSR count). The number of nitro groups is 1. The van der Waals surface area contributed by atoms with E-state index in [1.54, 1.807) is 6.07 Å². The molecule has 2 unspecified atom stereocenters. The number of nitrogens with zero attached hydrogens (tertiary/aromatic N) is 1. The van der Waals surface area contributed by atoms with Crippen LogP contribution in [0, 0.1) is 17.0 Å². The van der Waals surface area contributed by atoms with Crippen molar-refractivity contribution in [1.82, 2.24) is 0 Å². The maximum absolute atomic E-state index is 11.0. The van der Waals surface area contributed by atoms with E-state index in [1.165, 1.54) is 6.07 Å². The Hall–Kier alpha value is -1.62. The highest BCUT2D eigenvalue weighted by atomic mass is 16.6. The molecule has 1 aliphatic heterocycles. The Labute approximate surface area is 106 Å². The van der Waals surface area contributed by atoms with Crippen LogP contribution in [0.3, 0.4) is 0 Å². The first kappa shape index (κ1) is 12.8. The van der Waals surface area contributed by atoms with Crippen LogP contribution < -0.4 is 5.32 Å². The van der Waals surface area contributed by atoms with E-state index in [4.69, 9.17) is 4.74 Å². The summed E-state index contributed by atoms with van der Waals surface area (Å²) in [6.07, 6.45) is 2.21.